The first-order valence-corrected chi connectivity index (χ1v) is 3.34. The zero-order chi connectivity index (χ0) is 6.85. The minimum absolute atomic E-state index is 0.216. The Morgan fingerprint density at radius 1 is 1.67 bits per heavy atom. The smallest absolute Gasteiger partial charge is 0.141 e. The Balaban J connectivity index is 3.17. The van der Waals surface area contributed by atoms with Crippen LogP contribution in [0, 0.1) is 9.39 Å². The van der Waals surface area contributed by atoms with Gasteiger partial charge in [0.15, 0.2) is 0 Å². The average molecular weight is 238 g/mol. The van der Waals surface area contributed by atoms with Gasteiger partial charge >= 0.3 is 0 Å². The molecule has 0 fully saturated rings. The molecule has 0 radical (unpaired) electrons. The molecule has 48 valence electrons. The average Bonchev–Trinajstić information content (AvgIpc) is 1.80. The highest BCUT2D eigenvalue weighted by Crippen LogP contribution is 2.09. The van der Waals surface area contributed by atoms with E-state index in [9.17, 15) is 4.39 Å². The van der Waals surface area contributed by atoms with E-state index in [0.29, 0.717) is 3.57 Å². The van der Waals surface area contributed by atoms with Gasteiger partial charge in [-0.2, -0.15) is 0 Å². The molecule has 0 saturated carbocycles. The lowest BCUT2D eigenvalue weighted by Crippen LogP contribution is -1.91. The number of hydrogen-bond acceptors (Lipinski definition) is 2. The molecule has 0 atom stereocenters. The predicted molar refractivity (Wildman–Crippen MR) is 41.3 cm³/mol. The van der Waals surface area contributed by atoms with Gasteiger partial charge in [-0.15, -0.1) is 0 Å². The summed E-state index contributed by atoms with van der Waals surface area (Å²) >= 11 is 1.85. The van der Waals surface area contributed by atoms with E-state index >= 15 is 0 Å². The number of halogens is 2. The fourth-order valence-corrected chi connectivity index (χ4v) is 0.724. The Hall–Kier alpha value is -0.390. The van der Waals surface area contributed by atoms with Crippen LogP contribution in [0.2, 0.25) is 0 Å². The van der Waals surface area contributed by atoms with Crippen LogP contribution in [-0.4, -0.2) is 4.98 Å². The minimum Gasteiger partial charge on any atom is -0.384 e. The first-order valence-electron chi connectivity index (χ1n) is 2.26. The molecule has 1 aromatic heterocycles. The highest BCUT2D eigenvalue weighted by molar-refractivity contribution is 14.1. The summed E-state index contributed by atoms with van der Waals surface area (Å²) in [4.78, 5) is 3.67. The van der Waals surface area contributed by atoms with Gasteiger partial charge in [-0.1, -0.05) is 0 Å². The third-order valence-electron chi connectivity index (χ3n) is 0.830. The molecule has 2 N–H and O–H groups in total. The van der Waals surface area contributed by atoms with Gasteiger partial charge in [0.1, 0.15) is 11.6 Å². The quantitative estimate of drug-likeness (QED) is 0.694. The van der Waals surface area contributed by atoms with Crippen molar-refractivity contribution >= 4 is 28.4 Å². The van der Waals surface area contributed by atoms with Crippen LogP contribution >= 0.6 is 22.6 Å². The summed E-state index contributed by atoms with van der Waals surface area (Å²) in [7, 11) is 0. The molecule has 0 amide bonds. The van der Waals surface area contributed by atoms with Crippen molar-refractivity contribution in [2.45, 2.75) is 0 Å². The fraction of sp³-hybridized carbons (Fsp3) is 0. The Morgan fingerprint density at radius 3 is 2.78 bits per heavy atom. The fourth-order valence-electron chi connectivity index (χ4n) is 0.429. The molecule has 0 spiro atoms. The minimum atomic E-state index is -0.317. The maximum absolute atomic E-state index is 12.5. The summed E-state index contributed by atoms with van der Waals surface area (Å²) in [5.74, 6) is -0.101. The van der Waals surface area contributed by atoms with E-state index in [4.69, 9.17) is 5.73 Å². The second kappa shape index (κ2) is 2.47. The maximum atomic E-state index is 12.5. The van der Waals surface area contributed by atoms with Crippen LogP contribution < -0.4 is 5.73 Å². The topological polar surface area (TPSA) is 38.9 Å². The van der Waals surface area contributed by atoms with Crippen molar-refractivity contribution < 1.29 is 4.39 Å². The number of anilines is 1. The number of nitrogen functional groups attached to an aromatic ring is 1. The summed E-state index contributed by atoms with van der Waals surface area (Å²) in [6, 6.07) is 1.20. The van der Waals surface area contributed by atoms with Crippen molar-refractivity contribution in [3.8, 4) is 0 Å². The van der Waals surface area contributed by atoms with E-state index in [1.165, 1.54) is 12.3 Å². The second-order valence-corrected chi connectivity index (χ2v) is 2.69. The monoisotopic (exact) mass is 238 g/mol. The van der Waals surface area contributed by atoms with Crippen molar-refractivity contribution in [3.05, 3.63) is 21.7 Å². The highest BCUT2D eigenvalue weighted by atomic mass is 127. The molecule has 0 bridgehead atoms. The normalized spacial score (nSPS) is 9.56. The zero-order valence-corrected chi connectivity index (χ0v) is 6.59. The molecule has 0 aliphatic carbocycles. The van der Waals surface area contributed by atoms with E-state index in [1.807, 2.05) is 22.6 Å². The molecule has 0 aliphatic rings. The maximum Gasteiger partial charge on any atom is 0.141 e. The molecule has 1 rings (SSSR count). The molecule has 0 aliphatic heterocycles. The predicted octanol–water partition coefficient (Wildman–Crippen LogP) is 1.41. The van der Waals surface area contributed by atoms with Gasteiger partial charge in [0.05, 0.1) is 3.57 Å². The van der Waals surface area contributed by atoms with Crippen molar-refractivity contribution in [2.75, 3.05) is 5.73 Å². The summed E-state index contributed by atoms with van der Waals surface area (Å²) in [5, 5.41) is 0. The summed E-state index contributed by atoms with van der Waals surface area (Å²) in [6.45, 7) is 0. The lowest BCUT2D eigenvalue weighted by atomic mass is 10.4. The summed E-state index contributed by atoms with van der Waals surface area (Å²) < 4.78 is 12.9. The number of pyridine rings is 1. The van der Waals surface area contributed by atoms with Crippen LogP contribution in [-0.2, 0) is 0 Å². The number of aromatic nitrogens is 1. The van der Waals surface area contributed by atoms with Crippen LogP contribution in [0.1, 0.15) is 0 Å². The Morgan fingerprint density at radius 2 is 2.33 bits per heavy atom. The van der Waals surface area contributed by atoms with Crippen LogP contribution in [0.25, 0.3) is 0 Å². The third kappa shape index (κ3) is 1.51. The van der Waals surface area contributed by atoms with Crippen LogP contribution in [0.4, 0.5) is 10.2 Å². The van der Waals surface area contributed by atoms with Crippen LogP contribution in [0.3, 0.4) is 0 Å². The second-order valence-electron chi connectivity index (χ2n) is 1.52. The van der Waals surface area contributed by atoms with Gasteiger partial charge in [0.2, 0.25) is 0 Å². The number of hydrogen-bond donors (Lipinski definition) is 1. The molecule has 0 aromatic carbocycles. The Kier molecular flexibility index (Phi) is 1.84. The van der Waals surface area contributed by atoms with Crippen LogP contribution in [0.5, 0.6) is 0 Å². The van der Waals surface area contributed by atoms with Gasteiger partial charge in [-0.25, -0.2) is 9.37 Å². The van der Waals surface area contributed by atoms with Gasteiger partial charge in [-0.05, 0) is 22.6 Å². The van der Waals surface area contributed by atoms with E-state index in [0.717, 1.165) is 0 Å². The lowest BCUT2D eigenvalue weighted by molar-refractivity contribution is 0.619. The van der Waals surface area contributed by atoms with Crippen molar-refractivity contribution in [1.29, 1.82) is 0 Å². The molecule has 1 heterocycles. The molecule has 1 aromatic rings. The molecular weight excluding hydrogens is 234 g/mol. The molecular formula is C5H4FIN2. The Bertz CT molecular complexity index is 226. The summed E-state index contributed by atoms with van der Waals surface area (Å²) in [5.41, 5.74) is 5.17. The molecule has 0 unspecified atom stereocenters. The third-order valence-corrected chi connectivity index (χ3v) is 1.62. The first-order chi connectivity index (χ1) is 4.20. The molecule has 0 saturated heterocycles. The number of rotatable bonds is 0. The van der Waals surface area contributed by atoms with Crippen molar-refractivity contribution in [1.82, 2.24) is 4.98 Å². The van der Waals surface area contributed by atoms with Crippen LogP contribution in [0.15, 0.2) is 12.3 Å². The van der Waals surface area contributed by atoms with Gasteiger partial charge in [0.25, 0.3) is 0 Å². The number of nitrogens with two attached hydrogens (primary N) is 1. The van der Waals surface area contributed by atoms with E-state index in [1.54, 1.807) is 0 Å². The standard InChI is InChI=1S/C5H4FIN2/c6-3-1-5(8)9-2-4(3)7/h1-2H,(H2,8,9). The summed E-state index contributed by atoms with van der Waals surface area (Å²) in [6.07, 6.45) is 1.39. The highest BCUT2D eigenvalue weighted by Gasteiger charge is 1.96. The number of nitrogens with zero attached hydrogens (tertiary/aromatic N) is 1. The Labute approximate surface area is 65.4 Å². The van der Waals surface area contributed by atoms with Crippen molar-refractivity contribution in [3.63, 3.8) is 0 Å². The van der Waals surface area contributed by atoms with E-state index in [2.05, 4.69) is 4.98 Å². The van der Waals surface area contributed by atoms with Gasteiger partial charge in [-0.3, -0.25) is 0 Å². The lowest BCUT2D eigenvalue weighted by Gasteiger charge is -1.92. The first kappa shape index (κ1) is 6.73. The molecule has 9 heavy (non-hydrogen) atoms. The van der Waals surface area contributed by atoms with Gasteiger partial charge in [0, 0.05) is 12.3 Å². The van der Waals surface area contributed by atoms with E-state index < -0.39 is 0 Å². The molecule has 4 heteroatoms. The molecule has 2 nitrogen and oxygen atoms in total. The largest absolute Gasteiger partial charge is 0.384 e. The SMILES string of the molecule is Nc1cc(F)c(I)cn1. The van der Waals surface area contributed by atoms with Crippen molar-refractivity contribution in [2.24, 2.45) is 0 Å². The van der Waals surface area contributed by atoms with E-state index in [-0.39, 0.29) is 11.6 Å². The van der Waals surface area contributed by atoms with Gasteiger partial charge < -0.3 is 5.73 Å². The zero-order valence-electron chi connectivity index (χ0n) is 4.44.